The summed E-state index contributed by atoms with van der Waals surface area (Å²) < 4.78 is 5.44. The first-order chi connectivity index (χ1) is 8.68. The van der Waals surface area contributed by atoms with Gasteiger partial charge in [-0.2, -0.15) is 0 Å². The molecule has 0 aromatic heterocycles. The molecule has 18 heavy (non-hydrogen) atoms. The van der Waals surface area contributed by atoms with Crippen LogP contribution in [0.2, 0.25) is 0 Å². The van der Waals surface area contributed by atoms with Crippen molar-refractivity contribution in [2.24, 2.45) is 5.92 Å². The maximum absolute atomic E-state index is 11.6. The SMILES string of the molecule is CC(C)CCOCCNC(=O)NC1CCCCC1. The van der Waals surface area contributed by atoms with Gasteiger partial charge in [-0.25, -0.2) is 4.79 Å². The van der Waals surface area contributed by atoms with E-state index in [0.29, 0.717) is 25.1 Å². The van der Waals surface area contributed by atoms with Crippen LogP contribution in [0.4, 0.5) is 4.79 Å². The van der Waals surface area contributed by atoms with Crippen molar-refractivity contribution in [1.29, 1.82) is 0 Å². The summed E-state index contributed by atoms with van der Waals surface area (Å²) in [6.07, 6.45) is 7.11. The van der Waals surface area contributed by atoms with E-state index in [4.69, 9.17) is 4.74 Å². The maximum atomic E-state index is 11.6. The Kier molecular flexibility index (Phi) is 7.81. The molecule has 1 aliphatic rings. The van der Waals surface area contributed by atoms with Gasteiger partial charge in [0.05, 0.1) is 6.61 Å². The van der Waals surface area contributed by atoms with Gasteiger partial charge in [0.1, 0.15) is 0 Å². The highest BCUT2D eigenvalue weighted by molar-refractivity contribution is 5.74. The van der Waals surface area contributed by atoms with Crippen LogP contribution in [-0.2, 0) is 4.74 Å². The van der Waals surface area contributed by atoms with Gasteiger partial charge >= 0.3 is 6.03 Å². The largest absolute Gasteiger partial charge is 0.380 e. The first-order valence-corrected chi connectivity index (χ1v) is 7.30. The van der Waals surface area contributed by atoms with Crippen LogP contribution in [0.15, 0.2) is 0 Å². The van der Waals surface area contributed by atoms with E-state index in [1.165, 1.54) is 19.3 Å². The molecule has 0 aromatic carbocycles. The normalized spacial score (nSPS) is 16.8. The minimum Gasteiger partial charge on any atom is -0.380 e. The standard InChI is InChI=1S/C14H28N2O2/c1-12(2)8-10-18-11-9-15-14(17)16-13-6-4-3-5-7-13/h12-13H,3-11H2,1-2H3,(H2,15,16,17). The lowest BCUT2D eigenvalue weighted by Gasteiger charge is -2.22. The predicted molar refractivity (Wildman–Crippen MR) is 73.7 cm³/mol. The van der Waals surface area contributed by atoms with Crippen molar-refractivity contribution in [3.05, 3.63) is 0 Å². The lowest BCUT2D eigenvalue weighted by molar-refractivity contribution is 0.125. The Labute approximate surface area is 111 Å². The third kappa shape index (κ3) is 7.54. The quantitative estimate of drug-likeness (QED) is 0.688. The smallest absolute Gasteiger partial charge is 0.315 e. The number of rotatable bonds is 7. The first-order valence-electron chi connectivity index (χ1n) is 7.30. The van der Waals surface area contributed by atoms with Crippen molar-refractivity contribution in [2.75, 3.05) is 19.8 Å². The lowest BCUT2D eigenvalue weighted by Crippen LogP contribution is -2.43. The summed E-state index contributed by atoms with van der Waals surface area (Å²) in [6, 6.07) is 0.329. The zero-order valence-electron chi connectivity index (χ0n) is 11.8. The highest BCUT2D eigenvalue weighted by atomic mass is 16.5. The fraction of sp³-hybridized carbons (Fsp3) is 0.929. The zero-order chi connectivity index (χ0) is 13.2. The van der Waals surface area contributed by atoms with E-state index in [1.54, 1.807) is 0 Å². The second-order valence-corrected chi connectivity index (χ2v) is 5.53. The molecule has 1 rings (SSSR count). The second kappa shape index (κ2) is 9.20. The molecule has 0 heterocycles. The van der Waals surface area contributed by atoms with Gasteiger partial charge in [-0.05, 0) is 25.2 Å². The van der Waals surface area contributed by atoms with Gasteiger partial charge in [-0.1, -0.05) is 33.1 Å². The second-order valence-electron chi connectivity index (χ2n) is 5.53. The number of carbonyl (C=O) groups is 1. The molecule has 1 aliphatic carbocycles. The molecule has 0 aromatic rings. The van der Waals surface area contributed by atoms with Gasteiger partial charge in [0.25, 0.3) is 0 Å². The minimum absolute atomic E-state index is 0.0469. The molecule has 106 valence electrons. The molecule has 0 aliphatic heterocycles. The Balaban J connectivity index is 1.93. The lowest BCUT2D eigenvalue weighted by atomic mass is 9.96. The van der Waals surface area contributed by atoms with Crippen LogP contribution >= 0.6 is 0 Å². The number of hydrogen-bond acceptors (Lipinski definition) is 2. The molecule has 2 N–H and O–H groups in total. The van der Waals surface area contributed by atoms with Crippen LogP contribution < -0.4 is 10.6 Å². The topological polar surface area (TPSA) is 50.4 Å². The van der Waals surface area contributed by atoms with E-state index in [0.717, 1.165) is 25.9 Å². The van der Waals surface area contributed by atoms with Crippen LogP contribution in [0.3, 0.4) is 0 Å². The molecule has 4 nitrogen and oxygen atoms in total. The molecule has 2 amide bonds. The summed E-state index contributed by atoms with van der Waals surface area (Å²) >= 11 is 0. The third-order valence-electron chi connectivity index (χ3n) is 3.31. The van der Waals surface area contributed by atoms with Gasteiger partial charge < -0.3 is 15.4 Å². The molecule has 4 heteroatoms. The molecular weight excluding hydrogens is 228 g/mol. The predicted octanol–water partition coefficient (Wildman–Crippen LogP) is 2.68. The molecule has 0 radical (unpaired) electrons. The van der Waals surface area contributed by atoms with Crippen molar-refractivity contribution < 1.29 is 9.53 Å². The molecule has 0 atom stereocenters. The molecule has 0 saturated heterocycles. The number of hydrogen-bond donors (Lipinski definition) is 2. The summed E-state index contributed by atoms with van der Waals surface area (Å²) in [6.45, 7) is 6.34. The van der Waals surface area contributed by atoms with E-state index in [2.05, 4.69) is 24.5 Å². The molecule has 0 bridgehead atoms. The Hall–Kier alpha value is -0.770. The molecule has 1 saturated carbocycles. The monoisotopic (exact) mass is 256 g/mol. The highest BCUT2D eigenvalue weighted by Gasteiger charge is 2.14. The summed E-state index contributed by atoms with van der Waals surface area (Å²) in [5.74, 6) is 0.674. The van der Waals surface area contributed by atoms with Gasteiger partial charge in [0, 0.05) is 19.2 Å². The average Bonchev–Trinajstić information content (AvgIpc) is 2.34. The summed E-state index contributed by atoms with van der Waals surface area (Å²) in [4.78, 5) is 11.6. The highest BCUT2D eigenvalue weighted by Crippen LogP contribution is 2.16. The number of nitrogens with one attached hydrogen (secondary N) is 2. The Morgan fingerprint density at radius 3 is 2.61 bits per heavy atom. The molecule has 0 spiro atoms. The molecular formula is C14H28N2O2. The van der Waals surface area contributed by atoms with Gasteiger partial charge in [-0.3, -0.25) is 0 Å². The van der Waals surface area contributed by atoms with E-state index in [9.17, 15) is 4.79 Å². The average molecular weight is 256 g/mol. The van der Waals surface area contributed by atoms with E-state index in [-0.39, 0.29) is 6.03 Å². The summed E-state index contributed by atoms with van der Waals surface area (Å²) in [5.41, 5.74) is 0. The van der Waals surface area contributed by atoms with E-state index < -0.39 is 0 Å². The maximum Gasteiger partial charge on any atom is 0.315 e. The fourth-order valence-electron chi connectivity index (χ4n) is 2.14. The summed E-state index contributed by atoms with van der Waals surface area (Å²) in [5, 5.41) is 5.87. The van der Waals surface area contributed by atoms with Crippen LogP contribution in [0.25, 0.3) is 0 Å². The Bertz CT molecular complexity index is 226. The first kappa shape index (κ1) is 15.3. The Morgan fingerprint density at radius 2 is 1.94 bits per heavy atom. The van der Waals surface area contributed by atoms with Crippen molar-refractivity contribution in [1.82, 2.24) is 10.6 Å². The minimum atomic E-state index is -0.0469. The van der Waals surface area contributed by atoms with Gasteiger partial charge in [0.15, 0.2) is 0 Å². The van der Waals surface area contributed by atoms with Crippen molar-refractivity contribution >= 4 is 6.03 Å². The zero-order valence-corrected chi connectivity index (χ0v) is 11.8. The van der Waals surface area contributed by atoms with Gasteiger partial charge in [0.2, 0.25) is 0 Å². The van der Waals surface area contributed by atoms with Crippen LogP contribution in [0.5, 0.6) is 0 Å². The third-order valence-corrected chi connectivity index (χ3v) is 3.31. The van der Waals surface area contributed by atoms with Crippen molar-refractivity contribution in [3.63, 3.8) is 0 Å². The molecule has 0 unspecified atom stereocenters. The fourth-order valence-corrected chi connectivity index (χ4v) is 2.14. The van der Waals surface area contributed by atoms with Crippen LogP contribution in [-0.4, -0.2) is 31.8 Å². The van der Waals surface area contributed by atoms with E-state index >= 15 is 0 Å². The number of carbonyl (C=O) groups excluding carboxylic acids is 1. The van der Waals surface area contributed by atoms with Crippen LogP contribution in [0.1, 0.15) is 52.4 Å². The molecule has 1 fully saturated rings. The van der Waals surface area contributed by atoms with Crippen molar-refractivity contribution in [3.8, 4) is 0 Å². The summed E-state index contributed by atoms with van der Waals surface area (Å²) in [7, 11) is 0. The van der Waals surface area contributed by atoms with Gasteiger partial charge in [-0.15, -0.1) is 0 Å². The Morgan fingerprint density at radius 1 is 1.22 bits per heavy atom. The number of ether oxygens (including phenoxy) is 1. The number of amides is 2. The van der Waals surface area contributed by atoms with Crippen molar-refractivity contribution in [2.45, 2.75) is 58.4 Å². The van der Waals surface area contributed by atoms with Crippen LogP contribution in [0, 0.1) is 5.92 Å². The van der Waals surface area contributed by atoms with E-state index in [1.807, 2.05) is 0 Å². The number of urea groups is 1.